The summed E-state index contributed by atoms with van der Waals surface area (Å²) >= 11 is 0. The molecule has 0 aliphatic carbocycles. The smallest absolute Gasteiger partial charge is 0.0320 e. The Kier molecular flexibility index (Phi) is 6.01. The van der Waals surface area contributed by atoms with Crippen LogP contribution in [0.1, 0.15) is 48.1 Å². The summed E-state index contributed by atoms with van der Waals surface area (Å²) in [4.78, 5) is 0. The zero-order valence-corrected chi connectivity index (χ0v) is 13.5. The van der Waals surface area contributed by atoms with Crippen LogP contribution in [0.5, 0.6) is 0 Å². The maximum absolute atomic E-state index is 3.48. The molecule has 21 heavy (non-hydrogen) atoms. The summed E-state index contributed by atoms with van der Waals surface area (Å²) in [5.74, 6) is 0. The SMILES string of the molecule is CCCc1cccc(C(CCc2ccccc2C)NC)c1. The van der Waals surface area contributed by atoms with Gasteiger partial charge < -0.3 is 5.32 Å². The number of aryl methyl sites for hydroxylation is 3. The van der Waals surface area contributed by atoms with Gasteiger partial charge in [0.25, 0.3) is 0 Å². The Morgan fingerprint density at radius 1 is 1.00 bits per heavy atom. The molecule has 0 radical (unpaired) electrons. The van der Waals surface area contributed by atoms with Gasteiger partial charge in [0.2, 0.25) is 0 Å². The molecule has 0 aromatic heterocycles. The van der Waals surface area contributed by atoms with Crippen molar-refractivity contribution in [1.82, 2.24) is 5.32 Å². The third kappa shape index (κ3) is 4.44. The molecule has 0 fully saturated rings. The van der Waals surface area contributed by atoms with Crippen molar-refractivity contribution < 1.29 is 0 Å². The predicted octanol–water partition coefficient (Wildman–Crippen LogP) is 4.84. The first-order chi connectivity index (χ1) is 10.2. The molecular formula is C20H27N. The molecule has 0 saturated carbocycles. The molecule has 0 bridgehead atoms. The lowest BCUT2D eigenvalue weighted by Crippen LogP contribution is -2.17. The summed E-state index contributed by atoms with van der Waals surface area (Å²) in [5.41, 5.74) is 5.72. The van der Waals surface area contributed by atoms with Gasteiger partial charge in [-0.1, -0.05) is 61.9 Å². The van der Waals surface area contributed by atoms with Gasteiger partial charge in [-0.2, -0.15) is 0 Å². The van der Waals surface area contributed by atoms with E-state index in [0.29, 0.717) is 6.04 Å². The fraction of sp³-hybridized carbons (Fsp3) is 0.400. The van der Waals surface area contributed by atoms with E-state index in [9.17, 15) is 0 Å². The van der Waals surface area contributed by atoms with E-state index in [4.69, 9.17) is 0 Å². The zero-order valence-electron chi connectivity index (χ0n) is 13.5. The Hall–Kier alpha value is -1.60. The van der Waals surface area contributed by atoms with E-state index in [0.717, 1.165) is 12.8 Å². The van der Waals surface area contributed by atoms with Crippen molar-refractivity contribution in [1.29, 1.82) is 0 Å². The molecule has 0 aliphatic rings. The van der Waals surface area contributed by atoms with Crippen molar-refractivity contribution in [3.8, 4) is 0 Å². The molecule has 1 unspecified atom stereocenters. The van der Waals surface area contributed by atoms with Crippen molar-refractivity contribution in [2.75, 3.05) is 7.05 Å². The summed E-state index contributed by atoms with van der Waals surface area (Å²) in [6, 6.07) is 18.2. The first-order valence-corrected chi connectivity index (χ1v) is 8.05. The second kappa shape index (κ2) is 7.99. The maximum Gasteiger partial charge on any atom is 0.0320 e. The predicted molar refractivity (Wildman–Crippen MR) is 91.7 cm³/mol. The van der Waals surface area contributed by atoms with Crippen LogP contribution in [-0.4, -0.2) is 7.05 Å². The van der Waals surface area contributed by atoms with Gasteiger partial charge in [0.15, 0.2) is 0 Å². The Morgan fingerprint density at radius 2 is 1.81 bits per heavy atom. The summed E-state index contributed by atoms with van der Waals surface area (Å²) in [7, 11) is 2.06. The van der Waals surface area contributed by atoms with Gasteiger partial charge in [0.05, 0.1) is 0 Å². The van der Waals surface area contributed by atoms with Crippen LogP contribution in [0.15, 0.2) is 48.5 Å². The first kappa shape index (κ1) is 15.8. The third-order valence-electron chi connectivity index (χ3n) is 4.20. The summed E-state index contributed by atoms with van der Waals surface area (Å²) in [5, 5.41) is 3.48. The van der Waals surface area contributed by atoms with Crippen molar-refractivity contribution in [2.45, 2.75) is 45.6 Å². The topological polar surface area (TPSA) is 12.0 Å². The van der Waals surface area contributed by atoms with Crippen molar-refractivity contribution in [3.05, 3.63) is 70.8 Å². The standard InChI is InChI=1S/C20H27N/c1-4-8-17-10-7-12-19(15-17)20(21-3)14-13-18-11-6-5-9-16(18)2/h5-7,9-12,15,20-21H,4,8,13-14H2,1-3H3. The lowest BCUT2D eigenvalue weighted by atomic mass is 9.95. The van der Waals surface area contributed by atoms with Gasteiger partial charge in [0, 0.05) is 6.04 Å². The highest BCUT2D eigenvalue weighted by atomic mass is 14.9. The lowest BCUT2D eigenvalue weighted by Gasteiger charge is -2.18. The van der Waals surface area contributed by atoms with Gasteiger partial charge in [-0.05, 0) is 55.5 Å². The van der Waals surface area contributed by atoms with E-state index in [1.165, 1.54) is 35.1 Å². The van der Waals surface area contributed by atoms with E-state index in [-0.39, 0.29) is 0 Å². The van der Waals surface area contributed by atoms with E-state index < -0.39 is 0 Å². The lowest BCUT2D eigenvalue weighted by molar-refractivity contribution is 0.548. The van der Waals surface area contributed by atoms with Crippen LogP contribution < -0.4 is 5.32 Å². The third-order valence-corrected chi connectivity index (χ3v) is 4.20. The molecule has 2 aromatic rings. The zero-order chi connectivity index (χ0) is 15.1. The van der Waals surface area contributed by atoms with Gasteiger partial charge in [-0.25, -0.2) is 0 Å². The first-order valence-electron chi connectivity index (χ1n) is 8.05. The second-order valence-corrected chi connectivity index (χ2v) is 5.80. The maximum atomic E-state index is 3.48. The summed E-state index contributed by atoms with van der Waals surface area (Å²) in [6.45, 7) is 4.44. The van der Waals surface area contributed by atoms with Gasteiger partial charge in [-0.15, -0.1) is 0 Å². The Morgan fingerprint density at radius 3 is 2.52 bits per heavy atom. The molecule has 1 N–H and O–H groups in total. The minimum Gasteiger partial charge on any atom is -0.313 e. The van der Waals surface area contributed by atoms with Gasteiger partial charge in [-0.3, -0.25) is 0 Å². The van der Waals surface area contributed by atoms with Crippen LogP contribution in [0.3, 0.4) is 0 Å². The number of benzene rings is 2. The molecule has 1 atom stereocenters. The summed E-state index contributed by atoms with van der Waals surface area (Å²) in [6.07, 6.45) is 4.63. The van der Waals surface area contributed by atoms with Crippen LogP contribution in [0.4, 0.5) is 0 Å². The molecule has 2 rings (SSSR count). The Balaban J connectivity index is 2.06. The molecular weight excluding hydrogens is 254 g/mol. The molecule has 0 aliphatic heterocycles. The fourth-order valence-corrected chi connectivity index (χ4v) is 2.92. The van der Waals surface area contributed by atoms with Gasteiger partial charge in [0.1, 0.15) is 0 Å². The monoisotopic (exact) mass is 281 g/mol. The van der Waals surface area contributed by atoms with Crippen LogP contribution in [0.2, 0.25) is 0 Å². The Bertz CT molecular complexity index is 559. The fourth-order valence-electron chi connectivity index (χ4n) is 2.92. The summed E-state index contributed by atoms with van der Waals surface area (Å²) < 4.78 is 0. The number of hydrogen-bond donors (Lipinski definition) is 1. The minimum absolute atomic E-state index is 0.432. The molecule has 0 amide bonds. The van der Waals surface area contributed by atoms with E-state index in [2.05, 4.69) is 74.7 Å². The van der Waals surface area contributed by atoms with Crippen LogP contribution in [0, 0.1) is 6.92 Å². The largest absolute Gasteiger partial charge is 0.313 e. The average Bonchev–Trinajstić information content (AvgIpc) is 2.50. The molecule has 112 valence electrons. The van der Waals surface area contributed by atoms with E-state index in [1.807, 2.05) is 0 Å². The highest BCUT2D eigenvalue weighted by molar-refractivity contribution is 5.28. The van der Waals surface area contributed by atoms with E-state index >= 15 is 0 Å². The van der Waals surface area contributed by atoms with Crippen molar-refractivity contribution >= 4 is 0 Å². The second-order valence-electron chi connectivity index (χ2n) is 5.80. The molecule has 0 saturated heterocycles. The Labute approximate surface area is 129 Å². The van der Waals surface area contributed by atoms with Crippen LogP contribution >= 0.6 is 0 Å². The molecule has 2 aromatic carbocycles. The normalized spacial score (nSPS) is 12.3. The number of rotatable bonds is 7. The highest BCUT2D eigenvalue weighted by Gasteiger charge is 2.10. The number of nitrogens with one attached hydrogen (secondary N) is 1. The van der Waals surface area contributed by atoms with E-state index in [1.54, 1.807) is 0 Å². The molecule has 0 spiro atoms. The minimum atomic E-state index is 0.432. The quantitative estimate of drug-likeness (QED) is 0.765. The highest BCUT2D eigenvalue weighted by Crippen LogP contribution is 2.21. The molecule has 1 nitrogen and oxygen atoms in total. The van der Waals surface area contributed by atoms with Crippen LogP contribution in [-0.2, 0) is 12.8 Å². The van der Waals surface area contributed by atoms with Crippen molar-refractivity contribution in [3.63, 3.8) is 0 Å². The van der Waals surface area contributed by atoms with Gasteiger partial charge >= 0.3 is 0 Å². The van der Waals surface area contributed by atoms with Crippen molar-refractivity contribution in [2.24, 2.45) is 0 Å². The van der Waals surface area contributed by atoms with Crippen LogP contribution in [0.25, 0.3) is 0 Å². The average molecular weight is 281 g/mol. The molecule has 1 heteroatoms. The number of hydrogen-bond acceptors (Lipinski definition) is 1. The molecule has 0 heterocycles.